The Labute approximate surface area is 238 Å². The molecule has 0 unspecified atom stereocenters. The summed E-state index contributed by atoms with van der Waals surface area (Å²) >= 11 is 1.31. The summed E-state index contributed by atoms with van der Waals surface area (Å²) in [5, 5.41) is 0. The van der Waals surface area contributed by atoms with E-state index in [1.165, 1.54) is 11.3 Å². The topological polar surface area (TPSA) is 65.9 Å². The van der Waals surface area contributed by atoms with Gasteiger partial charge in [-0.3, -0.25) is 19.0 Å². The number of fused-ring (bicyclic) bond motifs is 1. The van der Waals surface area contributed by atoms with Crippen molar-refractivity contribution in [2.24, 2.45) is 0 Å². The maximum absolute atomic E-state index is 14.1. The molecule has 2 fully saturated rings. The van der Waals surface area contributed by atoms with Crippen LogP contribution in [0, 0.1) is 0 Å². The second-order valence-electron chi connectivity index (χ2n) is 10.9. The summed E-state index contributed by atoms with van der Waals surface area (Å²) in [6.07, 6.45) is 2.40. The lowest BCUT2D eigenvalue weighted by Gasteiger charge is -2.43. The first-order valence-electron chi connectivity index (χ1n) is 14.0. The minimum absolute atomic E-state index is 0.0291. The van der Waals surface area contributed by atoms with Crippen LogP contribution in [-0.2, 0) is 17.9 Å². The van der Waals surface area contributed by atoms with Crippen LogP contribution in [0.2, 0.25) is 0 Å². The number of likely N-dealkylation sites (tertiary alicyclic amines) is 1. The van der Waals surface area contributed by atoms with E-state index in [2.05, 4.69) is 21.9 Å². The fourth-order valence-corrected chi connectivity index (χ4v) is 7.17. The number of thiazole rings is 1. The highest BCUT2D eigenvalue weighted by Crippen LogP contribution is 2.40. The molecule has 0 bridgehead atoms. The maximum Gasteiger partial charge on any atom is 0.308 e. The third kappa shape index (κ3) is 4.97. The predicted octanol–water partition coefficient (Wildman–Crippen LogP) is 5.00. The van der Waals surface area contributed by atoms with Crippen LogP contribution in [0.1, 0.15) is 42.1 Å². The van der Waals surface area contributed by atoms with Crippen molar-refractivity contribution in [1.82, 2.24) is 14.4 Å². The lowest BCUT2D eigenvalue weighted by molar-refractivity contribution is -0.134. The first-order valence-corrected chi connectivity index (χ1v) is 14.8. The molecule has 7 nitrogen and oxygen atoms in total. The van der Waals surface area contributed by atoms with E-state index < -0.39 is 5.54 Å². The van der Waals surface area contributed by atoms with Crippen LogP contribution in [-0.4, -0.2) is 57.9 Å². The highest BCUT2D eigenvalue weighted by molar-refractivity contribution is 7.16. The van der Waals surface area contributed by atoms with Gasteiger partial charge in [-0.2, -0.15) is 0 Å². The minimum atomic E-state index is -0.573. The number of Topliss-reactive ketones (excluding diaryl/α,β-unsaturated/α-hetero) is 1. The molecule has 2 aliphatic heterocycles. The number of carbonyl (C=O) groups excluding carboxylic acids is 2. The van der Waals surface area contributed by atoms with Gasteiger partial charge in [0.05, 0.1) is 16.9 Å². The molecule has 0 radical (unpaired) electrons. The smallest absolute Gasteiger partial charge is 0.308 e. The zero-order valence-corrected chi connectivity index (χ0v) is 23.6. The Balaban J connectivity index is 1.15. The molecule has 2 aliphatic rings. The van der Waals surface area contributed by atoms with Crippen LogP contribution in [0.3, 0.4) is 0 Å². The fraction of sp³-hybridized carbons (Fsp3) is 0.344. The highest BCUT2D eigenvalue weighted by Gasteiger charge is 2.53. The molecule has 0 atom stereocenters. The van der Waals surface area contributed by atoms with Crippen molar-refractivity contribution in [2.45, 2.75) is 44.8 Å². The molecule has 1 aromatic heterocycles. The average Bonchev–Trinajstić information content (AvgIpc) is 3.43. The second kappa shape index (κ2) is 11.0. The number of aromatic nitrogens is 1. The summed E-state index contributed by atoms with van der Waals surface area (Å²) in [6, 6.07) is 25.8. The van der Waals surface area contributed by atoms with E-state index in [4.69, 9.17) is 0 Å². The molecule has 4 aromatic rings. The zero-order valence-electron chi connectivity index (χ0n) is 22.8. The van der Waals surface area contributed by atoms with Gasteiger partial charge in [-0.15, -0.1) is 0 Å². The minimum Gasteiger partial charge on any atom is -0.339 e. The van der Waals surface area contributed by atoms with Crippen LogP contribution in [0.15, 0.2) is 83.7 Å². The van der Waals surface area contributed by atoms with E-state index in [1.54, 1.807) is 6.92 Å². The molecule has 8 heteroatoms. The number of benzene rings is 3. The van der Waals surface area contributed by atoms with E-state index in [0.29, 0.717) is 25.3 Å². The van der Waals surface area contributed by atoms with E-state index in [-0.39, 0.29) is 16.6 Å². The van der Waals surface area contributed by atoms with Crippen molar-refractivity contribution < 1.29 is 9.59 Å². The SMILES string of the molecule is CC(=O)c1cccc(CN2CN(c3ccccc3)C3(CCN(CCCn4c(=O)sc5ccccc54)CC3)C2=O)c1. The number of aryl methyl sites for hydroxylation is 1. The molecule has 1 amide bonds. The summed E-state index contributed by atoms with van der Waals surface area (Å²) < 4.78 is 2.92. The normalized spacial score (nSPS) is 17.3. The Morgan fingerprint density at radius 3 is 2.42 bits per heavy atom. The van der Waals surface area contributed by atoms with Crippen molar-refractivity contribution in [3.05, 3.63) is 99.7 Å². The van der Waals surface area contributed by atoms with E-state index in [9.17, 15) is 14.4 Å². The summed E-state index contributed by atoms with van der Waals surface area (Å²) in [5.41, 5.74) is 3.15. The lowest BCUT2D eigenvalue weighted by atomic mass is 9.85. The monoisotopic (exact) mass is 554 g/mol. The number of anilines is 1. The van der Waals surface area contributed by atoms with Gasteiger partial charge < -0.3 is 14.7 Å². The molecule has 0 aliphatic carbocycles. The van der Waals surface area contributed by atoms with E-state index in [1.807, 2.05) is 76.2 Å². The molecule has 3 aromatic carbocycles. The number of para-hydroxylation sites is 2. The molecule has 3 heterocycles. The van der Waals surface area contributed by atoms with Gasteiger partial charge in [0.15, 0.2) is 5.78 Å². The molecule has 40 heavy (non-hydrogen) atoms. The van der Waals surface area contributed by atoms with Crippen LogP contribution in [0.5, 0.6) is 0 Å². The number of hydrogen-bond acceptors (Lipinski definition) is 6. The Kier molecular flexibility index (Phi) is 7.29. The lowest BCUT2D eigenvalue weighted by Crippen LogP contribution is -2.56. The van der Waals surface area contributed by atoms with Gasteiger partial charge in [-0.25, -0.2) is 0 Å². The van der Waals surface area contributed by atoms with E-state index in [0.717, 1.165) is 60.4 Å². The number of hydrogen-bond donors (Lipinski definition) is 0. The summed E-state index contributed by atoms with van der Waals surface area (Å²) in [5.74, 6) is 0.196. The Hall–Kier alpha value is -3.75. The number of piperidine rings is 1. The van der Waals surface area contributed by atoms with Gasteiger partial charge in [-0.1, -0.05) is 59.9 Å². The summed E-state index contributed by atoms with van der Waals surface area (Å²) in [4.78, 5) is 45.3. The van der Waals surface area contributed by atoms with Crippen LogP contribution in [0.25, 0.3) is 10.2 Å². The number of rotatable bonds is 8. The number of amides is 1. The van der Waals surface area contributed by atoms with Gasteiger partial charge in [0.1, 0.15) is 5.54 Å². The first kappa shape index (κ1) is 26.5. The van der Waals surface area contributed by atoms with Gasteiger partial charge in [0.25, 0.3) is 0 Å². The molecule has 6 rings (SSSR count). The number of carbonyl (C=O) groups is 2. The van der Waals surface area contributed by atoms with Crippen molar-refractivity contribution in [3.8, 4) is 0 Å². The summed E-state index contributed by atoms with van der Waals surface area (Å²) in [6.45, 7) is 5.85. The number of nitrogens with zero attached hydrogens (tertiary/aromatic N) is 4. The quantitative estimate of drug-likeness (QED) is 0.287. The average molecular weight is 555 g/mol. The second-order valence-corrected chi connectivity index (χ2v) is 11.9. The molecular weight excluding hydrogens is 520 g/mol. The highest BCUT2D eigenvalue weighted by atomic mass is 32.1. The van der Waals surface area contributed by atoms with Crippen molar-refractivity contribution in [1.29, 1.82) is 0 Å². The van der Waals surface area contributed by atoms with Crippen LogP contribution < -0.4 is 9.77 Å². The third-order valence-electron chi connectivity index (χ3n) is 8.40. The third-order valence-corrected chi connectivity index (χ3v) is 9.36. The fourth-order valence-electron chi connectivity index (χ4n) is 6.26. The molecule has 206 valence electrons. The van der Waals surface area contributed by atoms with Crippen molar-refractivity contribution in [2.75, 3.05) is 31.2 Å². The molecule has 1 spiro atoms. The maximum atomic E-state index is 14.1. The Morgan fingerprint density at radius 2 is 1.65 bits per heavy atom. The van der Waals surface area contributed by atoms with Crippen LogP contribution in [0.4, 0.5) is 5.69 Å². The largest absolute Gasteiger partial charge is 0.339 e. The molecule has 0 saturated carbocycles. The van der Waals surface area contributed by atoms with Crippen LogP contribution >= 0.6 is 11.3 Å². The van der Waals surface area contributed by atoms with Gasteiger partial charge in [0.2, 0.25) is 5.91 Å². The molecule has 0 N–H and O–H groups in total. The Bertz CT molecular complexity index is 1590. The van der Waals surface area contributed by atoms with Crippen molar-refractivity contribution in [3.63, 3.8) is 0 Å². The van der Waals surface area contributed by atoms with Gasteiger partial charge in [-0.05, 0) is 68.6 Å². The Morgan fingerprint density at radius 1 is 0.900 bits per heavy atom. The predicted molar refractivity (Wildman–Crippen MR) is 160 cm³/mol. The van der Waals surface area contributed by atoms with E-state index >= 15 is 0 Å². The van der Waals surface area contributed by atoms with Crippen molar-refractivity contribution >= 4 is 38.9 Å². The first-order chi connectivity index (χ1) is 19.4. The summed E-state index contributed by atoms with van der Waals surface area (Å²) in [7, 11) is 0. The molecular formula is C32H34N4O3S. The zero-order chi connectivity index (χ0) is 27.7. The number of ketones is 1. The van der Waals surface area contributed by atoms with Gasteiger partial charge in [0, 0.05) is 37.4 Å². The molecule has 2 saturated heterocycles. The standard InChI is InChI=1S/C32H34N4O3S/c1-24(37)26-10-7-9-25(21-26)22-34-23-36(27-11-3-2-4-12-27)32(30(34)38)15-19-33(20-16-32)17-8-18-35-28-13-5-6-14-29(28)40-31(35)39/h2-7,9-14,21H,8,15-20,22-23H2,1H3. The van der Waals surface area contributed by atoms with Gasteiger partial charge >= 0.3 is 4.87 Å².